The van der Waals surface area contributed by atoms with Crippen molar-refractivity contribution in [2.45, 2.75) is 6.42 Å². The number of nitrogens with one attached hydrogen (secondary N) is 1. The lowest BCUT2D eigenvalue weighted by Gasteiger charge is -2.26. The predicted octanol–water partition coefficient (Wildman–Crippen LogP) is 2.33. The normalized spacial score (nSPS) is 16.4. The average molecular weight is 212 g/mol. The molecular weight excluding hydrogens is 198 g/mol. The van der Waals surface area contributed by atoms with Crippen molar-refractivity contribution < 1.29 is 4.74 Å². The first-order valence-corrected chi connectivity index (χ1v) is 5.31. The van der Waals surface area contributed by atoms with Crippen LogP contribution < -0.4 is 10.1 Å². The second-order valence-electron chi connectivity index (χ2n) is 3.62. The molecule has 1 heterocycles. The monoisotopic (exact) mass is 211 g/mol. The van der Waals surface area contributed by atoms with E-state index < -0.39 is 0 Å². The highest BCUT2D eigenvalue weighted by Crippen LogP contribution is 2.16. The quantitative estimate of drug-likeness (QED) is 0.826. The zero-order valence-corrected chi connectivity index (χ0v) is 8.76. The van der Waals surface area contributed by atoms with Crippen molar-refractivity contribution >= 4 is 11.6 Å². The molecule has 0 saturated carbocycles. The van der Waals surface area contributed by atoms with E-state index in [0.717, 1.165) is 42.8 Å². The van der Waals surface area contributed by atoms with Crippen LogP contribution in [0.4, 0.5) is 0 Å². The van der Waals surface area contributed by atoms with Crippen LogP contribution in [0.1, 0.15) is 6.42 Å². The Bertz CT molecular complexity index is 282. The van der Waals surface area contributed by atoms with E-state index in [2.05, 4.69) is 5.32 Å². The van der Waals surface area contributed by atoms with Crippen LogP contribution in [-0.4, -0.2) is 19.7 Å². The summed E-state index contributed by atoms with van der Waals surface area (Å²) in [5.41, 5.74) is 0. The minimum atomic E-state index is 0.751. The van der Waals surface area contributed by atoms with Gasteiger partial charge in [0.15, 0.2) is 0 Å². The maximum absolute atomic E-state index is 5.76. The van der Waals surface area contributed by atoms with Crippen molar-refractivity contribution in [3.05, 3.63) is 29.3 Å². The van der Waals surface area contributed by atoms with Gasteiger partial charge in [-0.25, -0.2) is 0 Å². The van der Waals surface area contributed by atoms with E-state index >= 15 is 0 Å². The second kappa shape index (κ2) is 4.67. The minimum Gasteiger partial charge on any atom is -0.494 e. The number of hydrogen-bond acceptors (Lipinski definition) is 2. The highest BCUT2D eigenvalue weighted by molar-refractivity contribution is 6.30. The van der Waals surface area contributed by atoms with Gasteiger partial charge in [-0.2, -0.15) is 0 Å². The molecule has 0 atom stereocenters. The van der Waals surface area contributed by atoms with Gasteiger partial charge < -0.3 is 10.1 Å². The average Bonchev–Trinajstić information content (AvgIpc) is 2.12. The summed E-state index contributed by atoms with van der Waals surface area (Å²) in [6.07, 6.45) is 1.13. The molecule has 1 aliphatic heterocycles. The summed E-state index contributed by atoms with van der Waals surface area (Å²) in [5.74, 6) is 1.71. The lowest BCUT2D eigenvalue weighted by molar-refractivity contribution is 0.238. The van der Waals surface area contributed by atoms with Gasteiger partial charge in [0.05, 0.1) is 6.61 Å². The molecule has 0 spiro atoms. The predicted molar refractivity (Wildman–Crippen MR) is 57.9 cm³/mol. The van der Waals surface area contributed by atoms with Crippen LogP contribution in [0.2, 0.25) is 5.02 Å². The van der Waals surface area contributed by atoms with E-state index in [1.807, 2.05) is 24.3 Å². The second-order valence-corrected chi connectivity index (χ2v) is 4.05. The lowest BCUT2D eigenvalue weighted by Crippen LogP contribution is -2.42. The summed E-state index contributed by atoms with van der Waals surface area (Å²) >= 11 is 5.76. The van der Waals surface area contributed by atoms with Crippen molar-refractivity contribution in [2.75, 3.05) is 19.7 Å². The summed E-state index contributed by atoms with van der Waals surface area (Å²) < 4.78 is 5.58. The maximum atomic E-state index is 5.76. The Morgan fingerprint density at radius 3 is 2.57 bits per heavy atom. The van der Waals surface area contributed by atoms with Crippen molar-refractivity contribution in [2.24, 2.45) is 5.92 Å². The first-order valence-electron chi connectivity index (χ1n) is 4.94. The molecule has 0 radical (unpaired) electrons. The molecule has 0 unspecified atom stereocenters. The van der Waals surface area contributed by atoms with Gasteiger partial charge in [-0.1, -0.05) is 11.6 Å². The number of benzene rings is 1. The Morgan fingerprint density at radius 1 is 1.29 bits per heavy atom. The minimum absolute atomic E-state index is 0.751. The van der Waals surface area contributed by atoms with Gasteiger partial charge >= 0.3 is 0 Å². The summed E-state index contributed by atoms with van der Waals surface area (Å²) in [6, 6.07) is 7.51. The molecule has 1 aromatic carbocycles. The topological polar surface area (TPSA) is 21.3 Å². The lowest BCUT2D eigenvalue weighted by atomic mass is 10.0. The molecule has 3 heteroatoms. The summed E-state index contributed by atoms with van der Waals surface area (Å²) in [4.78, 5) is 0. The molecular formula is C11H14ClNO. The number of halogens is 1. The highest BCUT2D eigenvalue weighted by atomic mass is 35.5. The molecule has 76 valence electrons. The van der Waals surface area contributed by atoms with E-state index in [-0.39, 0.29) is 0 Å². The van der Waals surface area contributed by atoms with Gasteiger partial charge in [-0.05, 0) is 49.7 Å². The van der Waals surface area contributed by atoms with Gasteiger partial charge in [0.1, 0.15) is 5.75 Å². The van der Waals surface area contributed by atoms with Crippen molar-refractivity contribution in [3.63, 3.8) is 0 Å². The van der Waals surface area contributed by atoms with E-state index in [4.69, 9.17) is 16.3 Å². The SMILES string of the molecule is Clc1ccc(OCCC2CNC2)cc1. The fraction of sp³-hybridized carbons (Fsp3) is 0.455. The van der Waals surface area contributed by atoms with E-state index in [1.54, 1.807) is 0 Å². The van der Waals surface area contributed by atoms with Gasteiger partial charge in [-0.15, -0.1) is 0 Å². The molecule has 2 nitrogen and oxygen atoms in total. The Balaban J connectivity index is 1.71. The molecule has 1 aliphatic rings. The fourth-order valence-electron chi connectivity index (χ4n) is 1.43. The van der Waals surface area contributed by atoms with E-state index in [9.17, 15) is 0 Å². The van der Waals surface area contributed by atoms with E-state index in [1.165, 1.54) is 0 Å². The number of rotatable bonds is 4. The van der Waals surface area contributed by atoms with Crippen LogP contribution in [0.25, 0.3) is 0 Å². The molecule has 0 aromatic heterocycles. The zero-order valence-electron chi connectivity index (χ0n) is 8.00. The molecule has 2 rings (SSSR count). The number of ether oxygens (including phenoxy) is 1. The standard InChI is InChI=1S/C11H14ClNO/c12-10-1-3-11(4-2-10)14-6-5-9-7-13-8-9/h1-4,9,13H,5-8H2. The van der Waals surface area contributed by atoms with Gasteiger partial charge in [-0.3, -0.25) is 0 Å². The number of hydrogen-bond donors (Lipinski definition) is 1. The molecule has 1 fully saturated rings. The summed E-state index contributed by atoms with van der Waals surface area (Å²) in [7, 11) is 0. The molecule has 1 aromatic rings. The Kier molecular flexibility index (Phi) is 3.27. The van der Waals surface area contributed by atoms with Crippen molar-refractivity contribution in [1.29, 1.82) is 0 Å². The van der Waals surface area contributed by atoms with Crippen molar-refractivity contribution in [1.82, 2.24) is 5.32 Å². The molecule has 1 saturated heterocycles. The van der Waals surface area contributed by atoms with Crippen LogP contribution in [0, 0.1) is 5.92 Å². The maximum Gasteiger partial charge on any atom is 0.119 e. The summed E-state index contributed by atoms with van der Waals surface area (Å²) in [5, 5.41) is 3.99. The van der Waals surface area contributed by atoms with Crippen LogP contribution in [0.3, 0.4) is 0 Å². The summed E-state index contributed by atoms with van der Waals surface area (Å²) in [6.45, 7) is 3.09. The molecule has 14 heavy (non-hydrogen) atoms. The van der Waals surface area contributed by atoms with Crippen LogP contribution in [-0.2, 0) is 0 Å². The third-order valence-corrected chi connectivity index (χ3v) is 2.73. The first-order chi connectivity index (χ1) is 6.84. The van der Waals surface area contributed by atoms with Crippen LogP contribution >= 0.6 is 11.6 Å². The largest absolute Gasteiger partial charge is 0.494 e. The van der Waals surface area contributed by atoms with Gasteiger partial charge in [0.2, 0.25) is 0 Å². The Labute approximate surface area is 89.2 Å². The van der Waals surface area contributed by atoms with Crippen molar-refractivity contribution in [3.8, 4) is 5.75 Å². The van der Waals surface area contributed by atoms with Crippen LogP contribution in [0.15, 0.2) is 24.3 Å². The Hall–Kier alpha value is -0.730. The molecule has 0 aliphatic carbocycles. The molecule has 1 N–H and O–H groups in total. The van der Waals surface area contributed by atoms with E-state index in [0.29, 0.717) is 0 Å². The molecule has 0 bridgehead atoms. The van der Waals surface area contributed by atoms with Gasteiger partial charge in [0, 0.05) is 5.02 Å². The first kappa shape index (κ1) is 9.81. The zero-order chi connectivity index (χ0) is 9.80. The molecule has 0 amide bonds. The van der Waals surface area contributed by atoms with Gasteiger partial charge in [0.25, 0.3) is 0 Å². The smallest absolute Gasteiger partial charge is 0.119 e. The fourth-order valence-corrected chi connectivity index (χ4v) is 1.55. The Morgan fingerprint density at radius 2 is 2.00 bits per heavy atom. The third-order valence-electron chi connectivity index (χ3n) is 2.47. The highest BCUT2D eigenvalue weighted by Gasteiger charge is 2.15. The van der Waals surface area contributed by atoms with Crippen LogP contribution in [0.5, 0.6) is 5.75 Å². The third kappa shape index (κ3) is 2.63.